The van der Waals surface area contributed by atoms with Crippen LogP contribution in [-0.4, -0.2) is 47.6 Å². The van der Waals surface area contributed by atoms with Gasteiger partial charge in [-0.2, -0.15) is 11.8 Å². The summed E-state index contributed by atoms with van der Waals surface area (Å²) in [5.74, 6) is 1.14. The van der Waals surface area contributed by atoms with Crippen LogP contribution in [-0.2, 0) is 9.53 Å². The summed E-state index contributed by atoms with van der Waals surface area (Å²) in [5.41, 5.74) is 0. The van der Waals surface area contributed by atoms with Crippen molar-refractivity contribution in [2.75, 3.05) is 26.0 Å². The van der Waals surface area contributed by atoms with Crippen molar-refractivity contribution in [3.05, 3.63) is 0 Å². The van der Waals surface area contributed by atoms with Gasteiger partial charge in [0, 0.05) is 30.7 Å². The summed E-state index contributed by atoms with van der Waals surface area (Å²) in [7, 11) is 1.58. The van der Waals surface area contributed by atoms with Gasteiger partial charge in [0.15, 0.2) is 0 Å². The van der Waals surface area contributed by atoms with Crippen LogP contribution in [0.3, 0.4) is 0 Å². The third-order valence-electron chi connectivity index (χ3n) is 2.85. The van der Waals surface area contributed by atoms with Crippen molar-refractivity contribution in [1.29, 1.82) is 0 Å². The zero-order valence-electron chi connectivity index (χ0n) is 10.1. The molecule has 0 radical (unpaired) electrons. The molecule has 3 nitrogen and oxygen atoms in total. The van der Waals surface area contributed by atoms with Gasteiger partial charge in [0.25, 0.3) is 5.91 Å². The molecule has 1 aliphatic rings. The van der Waals surface area contributed by atoms with Crippen LogP contribution in [0.2, 0.25) is 0 Å². The average Bonchev–Trinajstić information content (AvgIpc) is 2.37. The van der Waals surface area contributed by atoms with E-state index in [-0.39, 0.29) is 12.0 Å². The quantitative estimate of drug-likeness (QED) is 0.725. The van der Waals surface area contributed by atoms with Crippen molar-refractivity contribution in [3.8, 4) is 0 Å². The first-order chi connectivity index (χ1) is 6.96. The Hall–Kier alpha value is -0.220. The number of hydrogen-bond acceptors (Lipinski definition) is 3. The standard InChI is InChI=1S/C11H21NO2S/c1-9(14-4)10(13)12-6-5-11(2,3)15-8-7-12/h9H,5-8H2,1-4H3. The highest BCUT2D eigenvalue weighted by Gasteiger charge is 2.27. The molecule has 1 saturated heterocycles. The van der Waals surface area contributed by atoms with Crippen LogP contribution in [0, 0.1) is 0 Å². The Kier molecular flexibility index (Phi) is 4.46. The second-order valence-corrected chi connectivity index (χ2v) is 6.36. The van der Waals surface area contributed by atoms with Gasteiger partial charge in [-0.3, -0.25) is 4.79 Å². The molecule has 1 unspecified atom stereocenters. The number of methoxy groups -OCH3 is 1. The van der Waals surface area contributed by atoms with E-state index in [1.807, 2.05) is 23.6 Å². The molecule has 0 aromatic rings. The zero-order valence-corrected chi connectivity index (χ0v) is 10.9. The lowest BCUT2D eigenvalue weighted by molar-refractivity contribution is -0.140. The molecule has 1 rings (SSSR count). The molecular weight excluding hydrogens is 210 g/mol. The lowest BCUT2D eigenvalue weighted by Crippen LogP contribution is -2.40. The van der Waals surface area contributed by atoms with E-state index >= 15 is 0 Å². The maximum absolute atomic E-state index is 11.9. The van der Waals surface area contributed by atoms with E-state index in [1.165, 1.54) is 0 Å². The summed E-state index contributed by atoms with van der Waals surface area (Å²) in [4.78, 5) is 13.8. The molecular formula is C11H21NO2S. The summed E-state index contributed by atoms with van der Waals surface area (Å²) in [6.07, 6.45) is 0.746. The highest BCUT2D eigenvalue weighted by Crippen LogP contribution is 2.30. The number of ether oxygens (including phenoxy) is 1. The first-order valence-corrected chi connectivity index (χ1v) is 6.40. The predicted octanol–water partition coefficient (Wildman–Crippen LogP) is 1.77. The molecule has 0 bridgehead atoms. The van der Waals surface area contributed by atoms with Crippen LogP contribution < -0.4 is 0 Å². The summed E-state index contributed by atoms with van der Waals surface area (Å²) in [6.45, 7) is 8.00. The second-order valence-electron chi connectivity index (χ2n) is 4.56. The number of carbonyl (C=O) groups excluding carboxylic acids is 1. The van der Waals surface area contributed by atoms with E-state index in [4.69, 9.17) is 4.74 Å². The van der Waals surface area contributed by atoms with Gasteiger partial charge >= 0.3 is 0 Å². The van der Waals surface area contributed by atoms with Crippen LogP contribution in [0.25, 0.3) is 0 Å². The number of amides is 1. The van der Waals surface area contributed by atoms with Crippen molar-refractivity contribution in [2.45, 2.75) is 38.0 Å². The minimum absolute atomic E-state index is 0.121. The van der Waals surface area contributed by atoms with E-state index in [0.29, 0.717) is 4.75 Å². The molecule has 0 spiro atoms. The summed E-state index contributed by atoms with van der Waals surface area (Å²) in [6, 6.07) is 0. The molecule has 0 aromatic heterocycles. The van der Waals surface area contributed by atoms with Crippen LogP contribution >= 0.6 is 11.8 Å². The highest BCUT2D eigenvalue weighted by molar-refractivity contribution is 8.00. The van der Waals surface area contributed by atoms with Gasteiger partial charge in [-0.25, -0.2) is 0 Å². The number of hydrogen-bond donors (Lipinski definition) is 0. The van der Waals surface area contributed by atoms with Gasteiger partial charge in [-0.15, -0.1) is 0 Å². The minimum atomic E-state index is -0.309. The lowest BCUT2D eigenvalue weighted by atomic mass is 10.1. The smallest absolute Gasteiger partial charge is 0.251 e. The molecule has 0 saturated carbocycles. The fraction of sp³-hybridized carbons (Fsp3) is 0.909. The number of carbonyl (C=O) groups is 1. The molecule has 4 heteroatoms. The van der Waals surface area contributed by atoms with Crippen molar-refractivity contribution in [3.63, 3.8) is 0 Å². The predicted molar refractivity (Wildman–Crippen MR) is 64.2 cm³/mol. The molecule has 1 heterocycles. The van der Waals surface area contributed by atoms with Gasteiger partial charge in [-0.05, 0) is 13.3 Å². The van der Waals surface area contributed by atoms with E-state index < -0.39 is 0 Å². The maximum atomic E-state index is 11.9. The third kappa shape index (κ3) is 3.68. The molecule has 1 fully saturated rings. The first kappa shape index (κ1) is 12.8. The summed E-state index contributed by atoms with van der Waals surface area (Å²) < 4.78 is 5.36. The normalized spacial score (nSPS) is 23.3. The molecule has 0 aliphatic carbocycles. The van der Waals surface area contributed by atoms with Gasteiger partial charge in [0.05, 0.1) is 0 Å². The van der Waals surface area contributed by atoms with Crippen LogP contribution in [0.1, 0.15) is 27.2 Å². The van der Waals surface area contributed by atoms with E-state index in [9.17, 15) is 4.79 Å². The Labute approximate surface area is 96.5 Å². The number of nitrogens with zero attached hydrogens (tertiary/aromatic N) is 1. The number of rotatable bonds is 2. The summed E-state index contributed by atoms with van der Waals surface area (Å²) >= 11 is 1.95. The molecule has 0 N–H and O–H groups in total. The SMILES string of the molecule is COC(C)C(=O)N1CCSC(C)(C)CC1. The molecule has 15 heavy (non-hydrogen) atoms. The zero-order chi connectivity index (χ0) is 11.5. The van der Waals surface area contributed by atoms with Gasteiger partial charge < -0.3 is 9.64 Å². The topological polar surface area (TPSA) is 29.5 Å². The van der Waals surface area contributed by atoms with Gasteiger partial charge in [0.2, 0.25) is 0 Å². The Bertz CT molecular complexity index is 231. The highest BCUT2D eigenvalue weighted by atomic mass is 32.2. The fourth-order valence-electron chi connectivity index (χ4n) is 1.60. The number of thioether (sulfide) groups is 1. The molecule has 1 atom stereocenters. The van der Waals surface area contributed by atoms with Crippen LogP contribution in [0.4, 0.5) is 0 Å². The van der Waals surface area contributed by atoms with Gasteiger partial charge in [0.1, 0.15) is 6.10 Å². The van der Waals surface area contributed by atoms with Crippen molar-refractivity contribution in [2.24, 2.45) is 0 Å². The Balaban J connectivity index is 2.54. The van der Waals surface area contributed by atoms with E-state index in [2.05, 4.69) is 13.8 Å². The van der Waals surface area contributed by atoms with Crippen LogP contribution in [0.5, 0.6) is 0 Å². The minimum Gasteiger partial charge on any atom is -0.372 e. The molecule has 0 aromatic carbocycles. The Morgan fingerprint density at radius 3 is 2.73 bits per heavy atom. The lowest BCUT2D eigenvalue weighted by Gasteiger charge is -2.24. The fourth-order valence-corrected chi connectivity index (χ4v) is 2.70. The van der Waals surface area contributed by atoms with E-state index in [1.54, 1.807) is 7.11 Å². The van der Waals surface area contributed by atoms with E-state index in [0.717, 1.165) is 25.3 Å². The van der Waals surface area contributed by atoms with Crippen molar-refractivity contribution < 1.29 is 9.53 Å². The third-order valence-corrected chi connectivity index (χ3v) is 4.22. The van der Waals surface area contributed by atoms with Crippen molar-refractivity contribution >= 4 is 17.7 Å². The molecule has 1 amide bonds. The molecule has 88 valence electrons. The van der Waals surface area contributed by atoms with Gasteiger partial charge in [-0.1, -0.05) is 13.8 Å². The first-order valence-electron chi connectivity index (χ1n) is 5.42. The Morgan fingerprint density at radius 2 is 2.13 bits per heavy atom. The summed E-state index contributed by atoms with van der Waals surface area (Å²) in [5, 5.41) is 0. The average molecular weight is 231 g/mol. The Morgan fingerprint density at radius 1 is 1.47 bits per heavy atom. The molecule has 1 aliphatic heterocycles. The maximum Gasteiger partial charge on any atom is 0.251 e. The van der Waals surface area contributed by atoms with Crippen molar-refractivity contribution in [1.82, 2.24) is 4.90 Å². The second kappa shape index (κ2) is 5.21. The van der Waals surface area contributed by atoms with Crippen LogP contribution in [0.15, 0.2) is 0 Å². The monoisotopic (exact) mass is 231 g/mol. The largest absolute Gasteiger partial charge is 0.372 e.